The highest BCUT2D eigenvalue weighted by Gasteiger charge is 2.12. The highest BCUT2D eigenvalue weighted by molar-refractivity contribution is 5.95. The molecule has 0 unspecified atom stereocenters. The van der Waals surface area contributed by atoms with Crippen LogP contribution in [-0.2, 0) is 28.6 Å². The Morgan fingerprint density at radius 3 is 1.73 bits per heavy atom. The number of carbonyl (C=O) groups excluding carboxylic acids is 5. The van der Waals surface area contributed by atoms with E-state index < -0.39 is 30.4 Å². The third-order valence-electron chi connectivity index (χ3n) is 4.78. The summed E-state index contributed by atoms with van der Waals surface area (Å²) in [6.07, 6.45) is 0.281. The fourth-order valence-electron chi connectivity index (χ4n) is 2.95. The van der Waals surface area contributed by atoms with E-state index in [0.29, 0.717) is 29.1 Å². The fourth-order valence-corrected chi connectivity index (χ4v) is 2.95. The van der Waals surface area contributed by atoms with Crippen molar-refractivity contribution < 1.29 is 38.2 Å². The Hall–Kier alpha value is -4.21. The molecule has 2 aromatic carbocycles. The second-order valence-corrected chi connectivity index (χ2v) is 8.48. The van der Waals surface area contributed by atoms with E-state index in [0.717, 1.165) is 0 Å². The average molecular weight is 513 g/mol. The van der Waals surface area contributed by atoms with E-state index in [9.17, 15) is 24.0 Å². The number of rotatable bonds is 13. The minimum atomic E-state index is -0.607. The van der Waals surface area contributed by atoms with Crippen molar-refractivity contribution >= 4 is 41.1 Å². The molecule has 0 aliphatic rings. The zero-order valence-corrected chi connectivity index (χ0v) is 21.2. The third kappa shape index (κ3) is 10.9. The summed E-state index contributed by atoms with van der Waals surface area (Å²) in [5, 5.41) is 5.25. The Balaban J connectivity index is 1.65. The fraction of sp³-hybridized carbons (Fsp3) is 0.370. The van der Waals surface area contributed by atoms with E-state index in [2.05, 4.69) is 10.6 Å². The lowest BCUT2D eigenvalue weighted by atomic mass is 10.2. The van der Waals surface area contributed by atoms with E-state index in [1.54, 1.807) is 31.2 Å². The monoisotopic (exact) mass is 512 g/mol. The van der Waals surface area contributed by atoms with E-state index >= 15 is 0 Å². The smallest absolute Gasteiger partial charge is 0.338 e. The second-order valence-electron chi connectivity index (χ2n) is 8.48. The molecule has 37 heavy (non-hydrogen) atoms. The quantitative estimate of drug-likeness (QED) is 0.304. The predicted molar refractivity (Wildman–Crippen MR) is 136 cm³/mol. The van der Waals surface area contributed by atoms with Gasteiger partial charge in [-0.2, -0.15) is 0 Å². The first-order valence-electron chi connectivity index (χ1n) is 12.0. The van der Waals surface area contributed by atoms with Gasteiger partial charge in [0.2, 0.25) is 5.91 Å². The zero-order chi connectivity index (χ0) is 27.2. The normalized spacial score (nSPS) is 10.4. The molecule has 0 heterocycles. The molecule has 10 nitrogen and oxygen atoms in total. The van der Waals surface area contributed by atoms with Crippen LogP contribution in [0.3, 0.4) is 0 Å². The minimum absolute atomic E-state index is 0.0322. The van der Waals surface area contributed by atoms with Crippen LogP contribution in [0.2, 0.25) is 0 Å². The first-order chi connectivity index (χ1) is 17.7. The van der Waals surface area contributed by atoms with Crippen LogP contribution in [0.5, 0.6) is 0 Å². The minimum Gasteiger partial charge on any atom is -0.462 e. The molecule has 0 saturated heterocycles. The number of benzene rings is 2. The zero-order valence-electron chi connectivity index (χ0n) is 21.2. The molecule has 0 aromatic heterocycles. The summed E-state index contributed by atoms with van der Waals surface area (Å²) in [5.41, 5.74) is 1.69. The maximum Gasteiger partial charge on any atom is 0.338 e. The van der Waals surface area contributed by atoms with Crippen LogP contribution in [0.15, 0.2) is 48.5 Å². The number of hydrogen-bond donors (Lipinski definition) is 2. The highest BCUT2D eigenvalue weighted by atomic mass is 16.5. The Bertz CT molecular complexity index is 1080. The first kappa shape index (κ1) is 29.0. The van der Waals surface area contributed by atoms with E-state index in [-0.39, 0.29) is 37.7 Å². The van der Waals surface area contributed by atoms with Gasteiger partial charge in [-0.25, -0.2) is 9.59 Å². The standard InChI is InChI=1S/C27H32N2O8/c1-4-35-26(33)19-8-14-22(15-9-19)29-24(31)17-36-25(32)7-5-6-23(30)28-21-12-10-20(11-13-21)27(34)37-16-18(2)3/h8-15,18H,4-7,16-17H2,1-3H3,(H,28,30)(H,29,31). The van der Waals surface area contributed by atoms with Crippen molar-refractivity contribution in [1.29, 1.82) is 0 Å². The van der Waals surface area contributed by atoms with Gasteiger partial charge in [0.05, 0.1) is 24.3 Å². The van der Waals surface area contributed by atoms with Gasteiger partial charge in [0.25, 0.3) is 5.91 Å². The SMILES string of the molecule is CCOC(=O)c1ccc(NC(=O)COC(=O)CCCC(=O)Nc2ccc(C(=O)OCC(C)C)cc2)cc1. The van der Waals surface area contributed by atoms with Crippen LogP contribution < -0.4 is 10.6 Å². The maximum atomic E-state index is 12.1. The molecule has 2 aromatic rings. The second kappa shape index (κ2) is 15.0. The van der Waals surface area contributed by atoms with Crippen molar-refractivity contribution in [3.8, 4) is 0 Å². The topological polar surface area (TPSA) is 137 Å². The van der Waals surface area contributed by atoms with Gasteiger partial charge in [0.1, 0.15) is 0 Å². The van der Waals surface area contributed by atoms with Crippen molar-refractivity contribution in [3.05, 3.63) is 59.7 Å². The van der Waals surface area contributed by atoms with Gasteiger partial charge < -0.3 is 24.8 Å². The van der Waals surface area contributed by atoms with Crippen molar-refractivity contribution in [1.82, 2.24) is 0 Å². The van der Waals surface area contributed by atoms with Gasteiger partial charge in [-0.1, -0.05) is 13.8 Å². The van der Waals surface area contributed by atoms with Crippen molar-refractivity contribution in [2.24, 2.45) is 5.92 Å². The number of amides is 2. The van der Waals surface area contributed by atoms with Gasteiger partial charge >= 0.3 is 17.9 Å². The molecule has 0 aliphatic heterocycles. The van der Waals surface area contributed by atoms with Crippen molar-refractivity contribution in [2.75, 3.05) is 30.5 Å². The van der Waals surface area contributed by atoms with Crippen LogP contribution in [0.1, 0.15) is 60.7 Å². The van der Waals surface area contributed by atoms with Crippen molar-refractivity contribution in [3.63, 3.8) is 0 Å². The molecule has 0 radical (unpaired) electrons. The van der Waals surface area contributed by atoms with Gasteiger partial charge in [-0.15, -0.1) is 0 Å². The van der Waals surface area contributed by atoms with E-state index in [1.165, 1.54) is 24.3 Å². The Morgan fingerprint density at radius 2 is 1.22 bits per heavy atom. The van der Waals surface area contributed by atoms with Gasteiger partial charge in [0, 0.05) is 24.2 Å². The van der Waals surface area contributed by atoms with Gasteiger partial charge in [0.15, 0.2) is 6.61 Å². The van der Waals surface area contributed by atoms with Crippen LogP contribution in [0, 0.1) is 5.92 Å². The lowest BCUT2D eigenvalue weighted by Gasteiger charge is -2.09. The summed E-state index contributed by atoms with van der Waals surface area (Å²) < 4.78 is 15.0. The van der Waals surface area contributed by atoms with Crippen LogP contribution in [0.4, 0.5) is 11.4 Å². The summed E-state index contributed by atoms with van der Waals surface area (Å²) >= 11 is 0. The number of esters is 3. The summed E-state index contributed by atoms with van der Waals surface area (Å²) in [7, 11) is 0. The van der Waals surface area contributed by atoms with E-state index in [1.807, 2.05) is 13.8 Å². The molecule has 198 valence electrons. The van der Waals surface area contributed by atoms with Crippen LogP contribution in [0.25, 0.3) is 0 Å². The molecule has 0 spiro atoms. The molecular formula is C27H32N2O8. The Kier molecular flexibility index (Phi) is 11.8. The molecule has 0 saturated carbocycles. The molecule has 0 fully saturated rings. The number of hydrogen-bond acceptors (Lipinski definition) is 8. The molecule has 2 N–H and O–H groups in total. The molecule has 2 rings (SSSR count). The summed E-state index contributed by atoms with van der Waals surface area (Å²) in [6.45, 7) is 5.71. The predicted octanol–water partition coefficient (Wildman–Crippen LogP) is 3.97. The lowest BCUT2D eigenvalue weighted by molar-refractivity contribution is -0.147. The van der Waals surface area contributed by atoms with Gasteiger partial charge in [-0.3, -0.25) is 14.4 Å². The Labute approximate surface area is 215 Å². The molecular weight excluding hydrogens is 480 g/mol. The van der Waals surface area contributed by atoms with Crippen molar-refractivity contribution in [2.45, 2.75) is 40.0 Å². The third-order valence-corrected chi connectivity index (χ3v) is 4.78. The molecule has 0 atom stereocenters. The van der Waals surface area contributed by atoms with E-state index in [4.69, 9.17) is 14.2 Å². The number of carbonyl (C=O) groups is 5. The average Bonchev–Trinajstić information content (AvgIpc) is 2.87. The lowest BCUT2D eigenvalue weighted by Crippen LogP contribution is -2.21. The van der Waals surface area contributed by atoms with Gasteiger partial charge in [-0.05, 0) is 67.8 Å². The molecule has 2 amide bonds. The number of ether oxygens (including phenoxy) is 3. The van der Waals surface area contributed by atoms with Crippen LogP contribution >= 0.6 is 0 Å². The summed E-state index contributed by atoms with van der Waals surface area (Å²) in [6, 6.07) is 12.4. The molecule has 10 heteroatoms. The number of anilines is 2. The first-order valence-corrected chi connectivity index (χ1v) is 12.0. The van der Waals surface area contributed by atoms with Crippen LogP contribution in [-0.4, -0.2) is 49.5 Å². The molecule has 0 bridgehead atoms. The molecule has 0 aliphatic carbocycles. The summed E-state index contributed by atoms with van der Waals surface area (Å²) in [5.74, 6) is -2.09. The summed E-state index contributed by atoms with van der Waals surface area (Å²) in [4.78, 5) is 59.6. The largest absolute Gasteiger partial charge is 0.462 e. The Morgan fingerprint density at radius 1 is 0.703 bits per heavy atom. The maximum absolute atomic E-state index is 12.1. The number of nitrogens with one attached hydrogen (secondary N) is 2. The highest BCUT2D eigenvalue weighted by Crippen LogP contribution is 2.13.